The van der Waals surface area contributed by atoms with E-state index >= 15 is 0 Å². The van der Waals surface area contributed by atoms with E-state index in [9.17, 15) is 0 Å². The first-order valence-electron chi connectivity index (χ1n) is 3.36. The molecule has 0 spiro atoms. The molecule has 0 atom stereocenters. The van der Waals surface area contributed by atoms with Crippen molar-refractivity contribution < 1.29 is 0 Å². The zero-order valence-corrected chi connectivity index (χ0v) is 7.16. The van der Waals surface area contributed by atoms with Crippen molar-refractivity contribution in [1.82, 2.24) is 0 Å². The van der Waals surface area contributed by atoms with Gasteiger partial charge in [-0.05, 0) is 24.2 Å². The van der Waals surface area contributed by atoms with Crippen molar-refractivity contribution in [1.29, 1.82) is 0 Å². The van der Waals surface area contributed by atoms with E-state index in [-0.39, 0.29) is 0 Å². The summed E-state index contributed by atoms with van der Waals surface area (Å²) in [4.78, 5) is 0. The van der Waals surface area contributed by atoms with Crippen LogP contribution < -0.4 is 0 Å². The Morgan fingerprint density at radius 3 is 2.33 bits per heavy atom. The SMILES string of the molecule is CC.CC1=CSC=CC1. The van der Waals surface area contributed by atoms with Crippen LogP contribution in [0.3, 0.4) is 0 Å². The summed E-state index contributed by atoms with van der Waals surface area (Å²) in [6.07, 6.45) is 3.33. The van der Waals surface area contributed by atoms with Gasteiger partial charge in [0, 0.05) is 0 Å². The van der Waals surface area contributed by atoms with Gasteiger partial charge in [-0.1, -0.05) is 25.5 Å². The van der Waals surface area contributed by atoms with Gasteiger partial charge in [0.25, 0.3) is 0 Å². The smallest absolute Gasteiger partial charge is 0.0125 e. The van der Waals surface area contributed by atoms with Crippen LogP contribution in [0.2, 0.25) is 0 Å². The van der Waals surface area contributed by atoms with Crippen LogP contribution in [-0.4, -0.2) is 0 Å². The van der Waals surface area contributed by atoms with Gasteiger partial charge in [-0.2, -0.15) is 0 Å². The molecule has 0 aromatic heterocycles. The molecule has 1 aliphatic heterocycles. The van der Waals surface area contributed by atoms with Gasteiger partial charge in [-0.15, -0.1) is 11.8 Å². The van der Waals surface area contributed by atoms with Crippen LogP contribution in [-0.2, 0) is 0 Å². The third-order valence-corrected chi connectivity index (χ3v) is 1.77. The van der Waals surface area contributed by atoms with Crippen molar-refractivity contribution in [3.63, 3.8) is 0 Å². The van der Waals surface area contributed by atoms with Gasteiger partial charge in [0.1, 0.15) is 0 Å². The molecule has 1 rings (SSSR count). The molecule has 1 heterocycles. The van der Waals surface area contributed by atoms with E-state index in [2.05, 4.69) is 23.8 Å². The minimum atomic E-state index is 1.15. The second kappa shape index (κ2) is 5.96. The maximum atomic E-state index is 2.18. The third-order valence-electron chi connectivity index (χ3n) is 0.884. The highest BCUT2D eigenvalue weighted by atomic mass is 32.2. The molecule has 1 heteroatoms. The monoisotopic (exact) mass is 142 g/mol. The van der Waals surface area contributed by atoms with E-state index in [4.69, 9.17) is 0 Å². The summed E-state index contributed by atoms with van der Waals surface area (Å²) in [6, 6.07) is 0. The molecule has 0 aliphatic carbocycles. The number of allylic oxidation sites excluding steroid dienone is 2. The molecule has 0 unspecified atom stereocenters. The van der Waals surface area contributed by atoms with E-state index in [0.717, 1.165) is 6.42 Å². The Morgan fingerprint density at radius 2 is 2.11 bits per heavy atom. The molecule has 0 fully saturated rings. The topological polar surface area (TPSA) is 0 Å². The summed E-state index contributed by atoms with van der Waals surface area (Å²) in [5, 5.41) is 4.30. The van der Waals surface area contributed by atoms with Crippen LogP contribution in [0, 0.1) is 0 Å². The second-order valence-corrected chi connectivity index (χ2v) is 2.46. The Balaban J connectivity index is 0.000000291. The van der Waals surface area contributed by atoms with Gasteiger partial charge in [-0.25, -0.2) is 0 Å². The lowest BCUT2D eigenvalue weighted by atomic mass is 10.2. The first-order valence-corrected chi connectivity index (χ1v) is 4.30. The third kappa shape index (κ3) is 4.34. The first kappa shape index (κ1) is 8.83. The average Bonchev–Trinajstić information content (AvgIpc) is 1.94. The number of thioether (sulfide) groups is 1. The summed E-state index contributed by atoms with van der Waals surface area (Å²) >= 11 is 1.76. The predicted octanol–water partition coefficient (Wildman–Crippen LogP) is 3.57. The minimum Gasteiger partial charge on any atom is -0.106 e. The molecular weight excluding hydrogens is 128 g/mol. The van der Waals surface area contributed by atoms with Crippen molar-refractivity contribution in [2.24, 2.45) is 0 Å². The Hall–Kier alpha value is -0.170. The predicted molar refractivity (Wildman–Crippen MR) is 46.5 cm³/mol. The standard InChI is InChI=1S/C6H8S.C2H6/c1-6-3-2-4-7-5-6;1-2/h2,4-5H,3H2,1H3;1-2H3. The van der Waals surface area contributed by atoms with Gasteiger partial charge >= 0.3 is 0 Å². The molecular formula is C8H14S. The van der Waals surface area contributed by atoms with Crippen LogP contribution in [0.15, 0.2) is 22.5 Å². The summed E-state index contributed by atoms with van der Waals surface area (Å²) in [5.41, 5.74) is 1.47. The lowest BCUT2D eigenvalue weighted by Crippen LogP contribution is -1.72. The molecule has 0 radical (unpaired) electrons. The van der Waals surface area contributed by atoms with Gasteiger partial charge < -0.3 is 0 Å². The van der Waals surface area contributed by atoms with Crippen molar-refractivity contribution in [2.45, 2.75) is 27.2 Å². The van der Waals surface area contributed by atoms with Crippen LogP contribution in [0.4, 0.5) is 0 Å². The first-order chi connectivity index (χ1) is 4.39. The molecule has 0 nitrogen and oxygen atoms in total. The molecule has 0 saturated heterocycles. The summed E-state index contributed by atoms with van der Waals surface area (Å²) in [6.45, 7) is 6.15. The Morgan fingerprint density at radius 1 is 1.44 bits per heavy atom. The van der Waals surface area contributed by atoms with Crippen LogP contribution in [0.5, 0.6) is 0 Å². The molecule has 0 bridgehead atoms. The van der Waals surface area contributed by atoms with Crippen molar-refractivity contribution in [3.05, 3.63) is 22.5 Å². The maximum absolute atomic E-state index is 2.18. The molecule has 0 saturated carbocycles. The zero-order valence-electron chi connectivity index (χ0n) is 6.35. The average molecular weight is 142 g/mol. The summed E-state index contributed by atoms with van der Waals surface area (Å²) < 4.78 is 0. The summed E-state index contributed by atoms with van der Waals surface area (Å²) in [7, 11) is 0. The van der Waals surface area contributed by atoms with Crippen molar-refractivity contribution in [2.75, 3.05) is 0 Å². The quantitative estimate of drug-likeness (QED) is 0.498. The van der Waals surface area contributed by atoms with Crippen LogP contribution >= 0.6 is 11.8 Å². The van der Waals surface area contributed by atoms with Gasteiger partial charge in [-0.3, -0.25) is 0 Å². The fourth-order valence-electron chi connectivity index (χ4n) is 0.493. The number of rotatable bonds is 0. The Kier molecular flexibility index (Phi) is 5.85. The Labute approximate surface area is 62.0 Å². The van der Waals surface area contributed by atoms with E-state index in [1.165, 1.54) is 5.57 Å². The van der Waals surface area contributed by atoms with Crippen LogP contribution in [0.1, 0.15) is 27.2 Å². The largest absolute Gasteiger partial charge is 0.106 e. The fourth-order valence-corrected chi connectivity index (χ4v) is 1.11. The number of hydrogen-bond acceptors (Lipinski definition) is 1. The van der Waals surface area contributed by atoms with Gasteiger partial charge in [0.2, 0.25) is 0 Å². The van der Waals surface area contributed by atoms with Crippen LogP contribution in [0.25, 0.3) is 0 Å². The normalized spacial score (nSPS) is 15.7. The molecule has 1 aliphatic rings. The van der Waals surface area contributed by atoms with E-state index in [1.54, 1.807) is 11.8 Å². The van der Waals surface area contributed by atoms with Gasteiger partial charge in [0.15, 0.2) is 0 Å². The highest BCUT2D eigenvalue weighted by Crippen LogP contribution is 2.17. The van der Waals surface area contributed by atoms with E-state index in [0.29, 0.717) is 0 Å². The molecule has 0 N–H and O–H groups in total. The Bertz CT molecular complexity index is 112. The molecule has 0 amide bonds. The fraction of sp³-hybridized carbons (Fsp3) is 0.500. The molecule has 9 heavy (non-hydrogen) atoms. The summed E-state index contributed by atoms with van der Waals surface area (Å²) in [5.74, 6) is 0. The zero-order chi connectivity index (χ0) is 7.11. The van der Waals surface area contributed by atoms with E-state index in [1.807, 2.05) is 13.8 Å². The molecule has 0 aromatic rings. The minimum absolute atomic E-state index is 1.15. The van der Waals surface area contributed by atoms with Crippen molar-refractivity contribution >= 4 is 11.8 Å². The highest BCUT2D eigenvalue weighted by molar-refractivity contribution is 8.04. The van der Waals surface area contributed by atoms with E-state index < -0.39 is 0 Å². The maximum Gasteiger partial charge on any atom is -0.0125 e. The second-order valence-electron chi connectivity index (χ2n) is 1.68. The number of hydrogen-bond donors (Lipinski definition) is 0. The van der Waals surface area contributed by atoms with Gasteiger partial charge in [0.05, 0.1) is 0 Å². The molecule has 0 aromatic carbocycles. The van der Waals surface area contributed by atoms with Crippen molar-refractivity contribution in [3.8, 4) is 0 Å². The lowest BCUT2D eigenvalue weighted by molar-refractivity contribution is 1.22. The highest BCUT2D eigenvalue weighted by Gasteiger charge is 1.87. The molecule has 52 valence electrons. The lowest BCUT2D eigenvalue weighted by Gasteiger charge is -1.97.